The molecule has 0 amide bonds. The van der Waals surface area contributed by atoms with E-state index in [1.165, 1.54) is 6.07 Å². The van der Waals surface area contributed by atoms with Crippen LogP contribution in [0.25, 0.3) is 0 Å². The van der Waals surface area contributed by atoms with Gasteiger partial charge in [-0.1, -0.05) is 18.2 Å². The number of aliphatic carboxylic acids is 1. The maximum atomic E-state index is 13.5. The molecule has 1 aliphatic heterocycles. The van der Waals surface area contributed by atoms with Crippen LogP contribution in [-0.2, 0) is 11.3 Å². The van der Waals surface area contributed by atoms with Gasteiger partial charge in [0.25, 0.3) is 0 Å². The molecule has 1 aliphatic rings. The summed E-state index contributed by atoms with van der Waals surface area (Å²) in [7, 11) is 0. The Balaban J connectivity index is 1.99. The van der Waals surface area contributed by atoms with Gasteiger partial charge in [-0.25, -0.2) is 4.39 Å². The predicted molar refractivity (Wildman–Crippen MR) is 62.0 cm³/mol. The van der Waals surface area contributed by atoms with Crippen LogP contribution in [0.2, 0.25) is 0 Å². The van der Waals surface area contributed by atoms with E-state index in [9.17, 15) is 9.18 Å². The smallest absolute Gasteiger partial charge is 0.307 e. The zero-order valence-electron chi connectivity index (χ0n) is 9.60. The van der Waals surface area contributed by atoms with Crippen LogP contribution in [0, 0.1) is 11.7 Å². The van der Waals surface area contributed by atoms with Crippen LogP contribution in [0.1, 0.15) is 18.4 Å². The molecule has 1 atom stereocenters. The van der Waals surface area contributed by atoms with Crippen molar-refractivity contribution in [3.63, 3.8) is 0 Å². The molecule has 92 valence electrons. The molecule has 0 radical (unpaired) electrons. The molecule has 0 spiro atoms. The van der Waals surface area contributed by atoms with Crippen molar-refractivity contribution in [1.82, 2.24) is 4.90 Å². The van der Waals surface area contributed by atoms with Crippen molar-refractivity contribution in [2.45, 2.75) is 19.4 Å². The summed E-state index contributed by atoms with van der Waals surface area (Å²) in [6.07, 6.45) is 1.59. The normalized spacial score (nSPS) is 21.4. The third-order valence-electron chi connectivity index (χ3n) is 3.21. The van der Waals surface area contributed by atoms with Crippen molar-refractivity contribution in [2.75, 3.05) is 13.1 Å². The van der Waals surface area contributed by atoms with E-state index >= 15 is 0 Å². The summed E-state index contributed by atoms with van der Waals surface area (Å²) < 4.78 is 13.5. The molecule has 1 unspecified atom stereocenters. The largest absolute Gasteiger partial charge is 0.481 e. The number of benzene rings is 1. The van der Waals surface area contributed by atoms with Gasteiger partial charge in [0.15, 0.2) is 0 Å². The van der Waals surface area contributed by atoms with Crippen molar-refractivity contribution < 1.29 is 14.3 Å². The van der Waals surface area contributed by atoms with Crippen LogP contribution in [0.15, 0.2) is 24.3 Å². The standard InChI is InChI=1S/C13H16FNO2/c14-12-6-2-1-4-10(12)8-15-7-3-5-11(9-15)13(16)17/h1-2,4,6,11H,3,5,7-9H2,(H,16,17). The number of carboxylic acids is 1. The van der Waals surface area contributed by atoms with Gasteiger partial charge in [-0.05, 0) is 25.5 Å². The molecule has 0 aliphatic carbocycles. The van der Waals surface area contributed by atoms with Crippen LogP contribution in [0.3, 0.4) is 0 Å². The van der Waals surface area contributed by atoms with Gasteiger partial charge in [-0.3, -0.25) is 9.69 Å². The summed E-state index contributed by atoms with van der Waals surface area (Å²) in [4.78, 5) is 12.9. The average Bonchev–Trinajstić information content (AvgIpc) is 2.32. The third kappa shape index (κ3) is 3.03. The molecule has 1 fully saturated rings. The van der Waals surface area contributed by atoms with Crippen LogP contribution in [0.5, 0.6) is 0 Å². The highest BCUT2D eigenvalue weighted by molar-refractivity contribution is 5.70. The Morgan fingerprint density at radius 1 is 1.47 bits per heavy atom. The predicted octanol–water partition coefficient (Wildman–Crippen LogP) is 2.12. The van der Waals surface area contributed by atoms with Crippen LogP contribution in [-0.4, -0.2) is 29.1 Å². The Morgan fingerprint density at radius 2 is 2.24 bits per heavy atom. The fourth-order valence-electron chi connectivity index (χ4n) is 2.27. The molecule has 1 N–H and O–H groups in total. The number of rotatable bonds is 3. The molecule has 1 heterocycles. The number of hydrogen-bond donors (Lipinski definition) is 1. The summed E-state index contributed by atoms with van der Waals surface area (Å²) in [5, 5.41) is 8.98. The average molecular weight is 237 g/mol. The van der Waals surface area contributed by atoms with Gasteiger partial charge in [0.05, 0.1) is 5.92 Å². The maximum absolute atomic E-state index is 13.5. The fraction of sp³-hybridized carbons (Fsp3) is 0.462. The lowest BCUT2D eigenvalue weighted by molar-refractivity contribution is -0.143. The maximum Gasteiger partial charge on any atom is 0.307 e. The van der Waals surface area contributed by atoms with Crippen molar-refractivity contribution >= 4 is 5.97 Å². The van der Waals surface area contributed by atoms with E-state index in [-0.39, 0.29) is 11.7 Å². The zero-order valence-corrected chi connectivity index (χ0v) is 9.60. The van der Waals surface area contributed by atoms with Crippen molar-refractivity contribution in [2.24, 2.45) is 5.92 Å². The molecule has 17 heavy (non-hydrogen) atoms. The first-order valence-corrected chi connectivity index (χ1v) is 5.85. The molecule has 1 aromatic carbocycles. The lowest BCUT2D eigenvalue weighted by Gasteiger charge is -2.30. The number of carboxylic acid groups (broad SMARTS) is 1. The summed E-state index contributed by atoms with van der Waals surface area (Å²) in [6, 6.07) is 6.65. The van der Waals surface area contributed by atoms with Gasteiger partial charge < -0.3 is 5.11 Å². The third-order valence-corrected chi connectivity index (χ3v) is 3.21. The van der Waals surface area contributed by atoms with Gasteiger partial charge in [0.1, 0.15) is 5.82 Å². The van der Waals surface area contributed by atoms with E-state index in [2.05, 4.69) is 0 Å². The Morgan fingerprint density at radius 3 is 2.94 bits per heavy atom. The van der Waals surface area contributed by atoms with E-state index in [1.807, 2.05) is 4.90 Å². The first-order chi connectivity index (χ1) is 8.16. The van der Waals surface area contributed by atoms with E-state index in [0.29, 0.717) is 18.7 Å². The van der Waals surface area contributed by atoms with Gasteiger partial charge in [-0.15, -0.1) is 0 Å². The number of hydrogen-bond acceptors (Lipinski definition) is 2. The van der Waals surface area contributed by atoms with Gasteiger partial charge in [0, 0.05) is 18.7 Å². The minimum absolute atomic E-state index is 0.218. The second kappa shape index (κ2) is 5.27. The molecule has 0 bridgehead atoms. The molecule has 0 aromatic heterocycles. The van der Waals surface area contributed by atoms with Gasteiger partial charge in [0.2, 0.25) is 0 Å². The lowest BCUT2D eigenvalue weighted by atomic mass is 9.98. The molecule has 4 heteroatoms. The Hall–Kier alpha value is -1.42. The van der Waals surface area contributed by atoms with Crippen molar-refractivity contribution in [3.05, 3.63) is 35.6 Å². The number of piperidine rings is 1. The number of nitrogens with zero attached hydrogens (tertiary/aromatic N) is 1. The van der Waals surface area contributed by atoms with E-state index < -0.39 is 5.97 Å². The zero-order chi connectivity index (χ0) is 12.3. The number of likely N-dealkylation sites (tertiary alicyclic amines) is 1. The molecule has 3 nitrogen and oxygen atoms in total. The highest BCUT2D eigenvalue weighted by atomic mass is 19.1. The monoisotopic (exact) mass is 237 g/mol. The molecular weight excluding hydrogens is 221 g/mol. The summed E-state index contributed by atoms with van der Waals surface area (Å²) in [5.41, 5.74) is 0.638. The quantitative estimate of drug-likeness (QED) is 0.875. The summed E-state index contributed by atoms with van der Waals surface area (Å²) >= 11 is 0. The number of carbonyl (C=O) groups is 1. The SMILES string of the molecule is O=C(O)C1CCCN(Cc2ccccc2F)C1. The van der Waals surface area contributed by atoms with Crippen LogP contribution >= 0.6 is 0 Å². The van der Waals surface area contributed by atoms with E-state index in [0.717, 1.165) is 19.4 Å². The van der Waals surface area contributed by atoms with Crippen molar-refractivity contribution in [3.8, 4) is 0 Å². The van der Waals surface area contributed by atoms with Crippen molar-refractivity contribution in [1.29, 1.82) is 0 Å². The highest BCUT2D eigenvalue weighted by Gasteiger charge is 2.25. The second-order valence-electron chi connectivity index (χ2n) is 4.50. The Labute approximate surface area is 99.9 Å². The number of halogens is 1. The molecule has 1 saturated heterocycles. The Kier molecular flexibility index (Phi) is 3.74. The van der Waals surface area contributed by atoms with E-state index in [1.54, 1.807) is 18.2 Å². The van der Waals surface area contributed by atoms with Crippen LogP contribution < -0.4 is 0 Å². The minimum Gasteiger partial charge on any atom is -0.481 e. The van der Waals surface area contributed by atoms with Crippen LogP contribution in [0.4, 0.5) is 4.39 Å². The molecule has 2 rings (SSSR count). The Bertz CT molecular complexity index is 408. The second-order valence-corrected chi connectivity index (χ2v) is 4.50. The lowest BCUT2D eigenvalue weighted by Crippen LogP contribution is -2.38. The molecular formula is C13H16FNO2. The summed E-state index contributed by atoms with van der Waals surface area (Å²) in [5.74, 6) is -1.27. The topological polar surface area (TPSA) is 40.5 Å². The summed E-state index contributed by atoms with van der Waals surface area (Å²) in [6.45, 7) is 1.86. The first-order valence-electron chi connectivity index (χ1n) is 5.85. The molecule has 1 aromatic rings. The first kappa shape index (κ1) is 12.0. The molecule has 0 saturated carbocycles. The van der Waals surface area contributed by atoms with E-state index in [4.69, 9.17) is 5.11 Å². The van der Waals surface area contributed by atoms with Gasteiger partial charge >= 0.3 is 5.97 Å². The minimum atomic E-state index is -0.747. The fourth-order valence-corrected chi connectivity index (χ4v) is 2.27. The van der Waals surface area contributed by atoms with Gasteiger partial charge in [-0.2, -0.15) is 0 Å². The highest BCUT2D eigenvalue weighted by Crippen LogP contribution is 2.19.